The Bertz CT molecular complexity index is 1010. The average Bonchev–Trinajstić information content (AvgIpc) is 2.55. The molecule has 2 rings (SSSR count). The molecule has 6 nitrogen and oxygen atoms in total. The van der Waals surface area contributed by atoms with Crippen LogP contribution in [-0.4, -0.2) is 15.3 Å². The number of H-pyrrole nitrogens is 1. The van der Waals surface area contributed by atoms with Crippen molar-refractivity contribution in [2.75, 3.05) is 0 Å². The minimum absolute atomic E-state index is 0.0163. The number of nitrogens with zero attached hydrogens (tertiary/aromatic N) is 2. The Labute approximate surface area is 149 Å². The Morgan fingerprint density at radius 2 is 2.00 bits per heavy atom. The minimum atomic E-state index is -0.649. The second-order valence-corrected chi connectivity index (χ2v) is 6.39. The number of hydrogen-bond donors (Lipinski definition) is 1. The SMILES string of the molecule is CCn1c(C(=O)c2cc(C#N)cc(C)c2Cl)c(C(C)C)c(=O)[nH]c1=O. The van der Waals surface area contributed by atoms with Gasteiger partial charge >= 0.3 is 5.69 Å². The molecule has 0 radical (unpaired) electrons. The summed E-state index contributed by atoms with van der Waals surface area (Å²) in [5.41, 5.74) is -0.0312. The standard InChI is InChI=1S/C18H18ClN3O3/c1-5-22-15(13(9(2)3)17(24)21-18(22)25)16(23)12-7-11(8-20)6-10(4)14(12)19/h6-7,9H,5H2,1-4H3,(H,21,24,25). The molecule has 7 heteroatoms. The third-order valence-electron chi connectivity index (χ3n) is 3.97. The summed E-state index contributed by atoms with van der Waals surface area (Å²) in [6.45, 7) is 7.15. The van der Waals surface area contributed by atoms with Crippen LogP contribution >= 0.6 is 11.6 Å². The number of halogens is 1. The lowest BCUT2D eigenvalue weighted by Crippen LogP contribution is -2.37. The van der Waals surface area contributed by atoms with Crippen molar-refractivity contribution in [1.29, 1.82) is 5.26 Å². The summed E-state index contributed by atoms with van der Waals surface area (Å²) in [5.74, 6) is -0.820. The summed E-state index contributed by atoms with van der Waals surface area (Å²) >= 11 is 6.27. The fraction of sp³-hybridized carbons (Fsp3) is 0.333. The third kappa shape index (κ3) is 3.28. The predicted molar refractivity (Wildman–Crippen MR) is 95.4 cm³/mol. The van der Waals surface area contributed by atoms with E-state index in [2.05, 4.69) is 4.98 Å². The van der Waals surface area contributed by atoms with Crippen molar-refractivity contribution in [3.05, 3.63) is 65.9 Å². The van der Waals surface area contributed by atoms with Crippen molar-refractivity contribution in [2.45, 2.75) is 40.2 Å². The monoisotopic (exact) mass is 359 g/mol. The summed E-state index contributed by atoms with van der Waals surface area (Å²) in [6.07, 6.45) is 0. The highest BCUT2D eigenvalue weighted by atomic mass is 35.5. The van der Waals surface area contributed by atoms with Crippen LogP contribution in [0.4, 0.5) is 0 Å². The summed E-state index contributed by atoms with van der Waals surface area (Å²) < 4.78 is 1.23. The van der Waals surface area contributed by atoms with E-state index < -0.39 is 17.0 Å². The van der Waals surface area contributed by atoms with E-state index in [1.54, 1.807) is 33.8 Å². The number of rotatable bonds is 4. The van der Waals surface area contributed by atoms with Crippen LogP contribution in [0.15, 0.2) is 21.7 Å². The van der Waals surface area contributed by atoms with Gasteiger partial charge in [0.05, 0.1) is 16.7 Å². The molecule has 0 aliphatic rings. The fourth-order valence-electron chi connectivity index (χ4n) is 2.80. The molecular formula is C18H18ClN3O3. The number of hydrogen-bond acceptors (Lipinski definition) is 4. The summed E-state index contributed by atoms with van der Waals surface area (Å²) in [6, 6.07) is 4.94. The number of nitriles is 1. The maximum Gasteiger partial charge on any atom is 0.328 e. The minimum Gasteiger partial charge on any atom is -0.290 e. The van der Waals surface area contributed by atoms with Gasteiger partial charge in [0, 0.05) is 17.7 Å². The first-order valence-electron chi connectivity index (χ1n) is 7.84. The number of carbonyl (C=O) groups excluding carboxylic acids is 1. The number of benzene rings is 1. The molecule has 0 atom stereocenters. The molecule has 0 amide bonds. The van der Waals surface area contributed by atoms with Gasteiger partial charge in [-0.3, -0.25) is 19.1 Å². The largest absolute Gasteiger partial charge is 0.328 e. The zero-order valence-corrected chi connectivity index (χ0v) is 15.2. The van der Waals surface area contributed by atoms with Crippen molar-refractivity contribution in [2.24, 2.45) is 0 Å². The first-order valence-corrected chi connectivity index (χ1v) is 8.22. The lowest BCUT2D eigenvalue weighted by Gasteiger charge is -2.17. The summed E-state index contributed by atoms with van der Waals surface area (Å²) in [7, 11) is 0. The van der Waals surface area contributed by atoms with Crippen molar-refractivity contribution in [1.82, 2.24) is 9.55 Å². The highest BCUT2D eigenvalue weighted by Gasteiger charge is 2.26. The zero-order chi connectivity index (χ0) is 18.9. The van der Waals surface area contributed by atoms with Gasteiger partial charge in [-0.1, -0.05) is 25.4 Å². The maximum atomic E-state index is 13.2. The Morgan fingerprint density at radius 3 is 2.52 bits per heavy atom. The number of carbonyl (C=O) groups is 1. The highest BCUT2D eigenvalue weighted by Crippen LogP contribution is 2.26. The molecular weight excluding hydrogens is 342 g/mol. The molecule has 2 aromatic rings. The maximum absolute atomic E-state index is 13.2. The summed E-state index contributed by atoms with van der Waals surface area (Å²) in [5, 5.41) is 9.35. The van der Waals surface area contributed by atoms with Gasteiger partial charge in [-0.2, -0.15) is 5.26 Å². The smallest absolute Gasteiger partial charge is 0.290 e. The van der Waals surface area contributed by atoms with Crippen molar-refractivity contribution in [3.63, 3.8) is 0 Å². The van der Waals surface area contributed by atoms with Gasteiger partial charge in [-0.05, 0) is 37.5 Å². The predicted octanol–water partition coefficient (Wildman–Crippen LogP) is 2.74. The van der Waals surface area contributed by atoms with E-state index in [1.165, 1.54) is 10.6 Å². The van der Waals surface area contributed by atoms with Crippen LogP contribution in [0.5, 0.6) is 0 Å². The molecule has 0 unspecified atom stereocenters. The van der Waals surface area contributed by atoms with E-state index in [0.29, 0.717) is 5.56 Å². The molecule has 0 saturated carbocycles. The second kappa shape index (κ2) is 7.08. The molecule has 1 aromatic heterocycles. The topological polar surface area (TPSA) is 95.7 Å². The van der Waals surface area contributed by atoms with Gasteiger partial charge < -0.3 is 0 Å². The Balaban J connectivity index is 2.90. The quantitative estimate of drug-likeness (QED) is 0.849. The molecule has 0 saturated heterocycles. The highest BCUT2D eigenvalue weighted by molar-refractivity contribution is 6.35. The lowest BCUT2D eigenvalue weighted by atomic mass is 9.95. The number of aromatic nitrogens is 2. The molecule has 0 spiro atoms. The van der Waals surface area contributed by atoms with Crippen LogP contribution in [0.2, 0.25) is 5.02 Å². The van der Waals surface area contributed by atoms with E-state index >= 15 is 0 Å². The van der Waals surface area contributed by atoms with Gasteiger partial charge in [-0.15, -0.1) is 0 Å². The molecule has 1 N–H and O–H groups in total. The Morgan fingerprint density at radius 1 is 1.36 bits per heavy atom. The molecule has 1 aromatic carbocycles. The van der Waals surface area contributed by atoms with E-state index in [-0.39, 0.29) is 39.9 Å². The van der Waals surface area contributed by atoms with Crippen LogP contribution in [0.3, 0.4) is 0 Å². The lowest BCUT2D eigenvalue weighted by molar-refractivity contribution is 0.102. The molecule has 0 bridgehead atoms. The van der Waals surface area contributed by atoms with E-state index in [1.807, 2.05) is 6.07 Å². The van der Waals surface area contributed by atoms with Gasteiger partial charge in [-0.25, -0.2) is 4.79 Å². The van der Waals surface area contributed by atoms with Gasteiger partial charge in [0.2, 0.25) is 5.78 Å². The number of aryl methyl sites for hydroxylation is 1. The molecule has 1 heterocycles. The van der Waals surface area contributed by atoms with E-state index in [0.717, 1.165) is 0 Å². The molecule has 0 aliphatic carbocycles. The van der Waals surface area contributed by atoms with E-state index in [9.17, 15) is 14.4 Å². The fourth-order valence-corrected chi connectivity index (χ4v) is 2.99. The molecule has 0 fully saturated rings. The first-order chi connectivity index (χ1) is 11.7. The Kier molecular flexibility index (Phi) is 5.29. The van der Waals surface area contributed by atoms with E-state index in [4.69, 9.17) is 16.9 Å². The van der Waals surface area contributed by atoms with Crippen LogP contribution in [-0.2, 0) is 6.54 Å². The van der Waals surface area contributed by atoms with Gasteiger partial charge in [0.1, 0.15) is 5.69 Å². The average molecular weight is 360 g/mol. The van der Waals surface area contributed by atoms with Crippen LogP contribution in [0, 0.1) is 18.3 Å². The van der Waals surface area contributed by atoms with Crippen LogP contribution < -0.4 is 11.2 Å². The number of aromatic amines is 1. The van der Waals surface area contributed by atoms with Crippen molar-refractivity contribution in [3.8, 4) is 6.07 Å². The third-order valence-corrected chi connectivity index (χ3v) is 4.47. The normalized spacial score (nSPS) is 10.8. The van der Waals surface area contributed by atoms with Gasteiger partial charge in [0.15, 0.2) is 0 Å². The number of ketones is 1. The number of nitrogens with one attached hydrogen (secondary N) is 1. The summed E-state index contributed by atoms with van der Waals surface area (Å²) in [4.78, 5) is 39.9. The second-order valence-electron chi connectivity index (χ2n) is 6.02. The molecule has 0 aliphatic heterocycles. The Hall–Kier alpha value is -2.65. The van der Waals surface area contributed by atoms with Crippen LogP contribution in [0.25, 0.3) is 0 Å². The molecule has 25 heavy (non-hydrogen) atoms. The van der Waals surface area contributed by atoms with Crippen molar-refractivity contribution >= 4 is 17.4 Å². The zero-order valence-electron chi connectivity index (χ0n) is 14.4. The van der Waals surface area contributed by atoms with Crippen LogP contribution in [0.1, 0.15) is 59.4 Å². The first kappa shape index (κ1) is 18.7. The van der Waals surface area contributed by atoms with Crippen molar-refractivity contribution < 1.29 is 4.79 Å². The van der Waals surface area contributed by atoms with Gasteiger partial charge in [0.25, 0.3) is 5.56 Å². The molecule has 130 valence electrons.